The molecule has 1 aliphatic heterocycles. The van der Waals surface area contributed by atoms with Crippen molar-refractivity contribution in [2.24, 2.45) is 0 Å². The predicted octanol–water partition coefficient (Wildman–Crippen LogP) is 3.66. The topological polar surface area (TPSA) is 67.4 Å². The van der Waals surface area contributed by atoms with Crippen molar-refractivity contribution in [1.29, 1.82) is 0 Å². The molecule has 122 valence electrons. The highest BCUT2D eigenvalue weighted by atomic mass is 16.5. The minimum Gasteiger partial charge on any atom is -0.474 e. The number of allylic oxidation sites excluding steroid dienone is 1. The number of hydrogen-bond donors (Lipinski definition) is 2. The van der Waals surface area contributed by atoms with Gasteiger partial charge in [-0.25, -0.2) is 0 Å². The Morgan fingerprint density at radius 1 is 1.17 bits per heavy atom. The average Bonchev–Trinajstić information content (AvgIpc) is 2.54. The zero-order chi connectivity index (χ0) is 17.1. The van der Waals surface area contributed by atoms with Crippen molar-refractivity contribution < 1.29 is 14.3 Å². The number of rotatable bonds is 3. The number of hydrogen-bond acceptors (Lipinski definition) is 3. The lowest BCUT2D eigenvalue weighted by Gasteiger charge is -2.26. The Morgan fingerprint density at radius 2 is 1.92 bits per heavy atom. The molecule has 1 atom stereocenters. The molecular formula is C19H18N2O3. The molecule has 2 amide bonds. The molecule has 0 saturated heterocycles. The van der Waals surface area contributed by atoms with Crippen LogP contribution in [0.15, 0.2) is 60.2 Å². The molecule has 0 fully saturated rings. The highest BCUT2D eigenvalue weighted by Crippen LogP contribution is 2.36. The Bertz CT molecular complexity index is 809. The van der Waals surface area contributed by atoms with E-state index in [1.165, 1.54) is 6.08 Å². The van der Waals surface area contributed by atoms with Gasteiger partial charge in [-0.05, 0) is 32.0 Å². The Labute approximate surface area is 140 Å². The summed E-state index contributed by atoms with van der Waals surface area (Å²) in [4.78, 5) is 24.1. The van der Waals surface area contributed by atoms with Gasteiger partial charge in [-0.15, -0.1) is 0 Å². The first kappa shape index (κ1) is 15.8. The van der Waals surface area contributed by atoms with E-state index in [0.29, 0.717) is 17.1 Å². The maximum atomic E-state index is 12.3. The largest absolute Gasteiger partial charge is 0.474 e. The minimum atomic E-state index is -0.676. The molecule has 0 aromatic heterocycles. The van der Waals surface area contributed by atoms with Gasteiger partial charge in [0.15, 0.2) is 0 Å². The van der Waals surface area contributed by atoms with E-state index in [2.05, 4.69) is 10.6 Å². The molecule has 2 N–H and O–H groups in total. The molecule has 1 heterocycles. The highest BCUT2D eigenvalue weighted by molar-refractivity contribution is 6.02. The van der Waals surface area contributed by atoms with Gasteiger partial charge in [0.05, 0.1) is 5.69 Å². The monoisotopic (exact) mass is 322 g/mol. The van der Waals surface area contributed by atoms with Crippen molar-refractivity contribution in [2.45, 2.75) is 20.0 Å². The van der Waals surface area contributed by atoms with Gasteiger partial charge in [0, 0.05) is 17.3 Å². The van der Waals surface area contributed by atoms with E-state index < -0.39 is 6.10 Å². The second-order valence-corrected chi connectivity index (χ2v) is 5.82. The normalized spacial score (nSPS) is 15.6. The molecule has 0 spiro atoms. The second-order valence-electron chi connectivity index (χ2n) is 5.82. The summed E-state index contributed by atoms with van der Waals surface area (Å²) in [6.45, 7) is 3.70. The van der Waals surface area contributed by atoms with E-state index in [9.17, 15) is 9.59 Å². The van der Waals surface area contributed by atoms with E-state index >= 15 is 0 Å². The van der Waals surface area contributed by atoms with Crippen molar-refractivity contribution in [3.63, 3.8) is 0 Å². The summed E-state index contributed by atoms with van der Waals surface area (Å²) in [5, 5.41) is 5.59. The van der Waals surface area contributed by atoms with Gasteiger partial charge in [-0.1, -0.05) is 35.9 Å². The molecule has 0 bridgehead atoms. The van der Waals surface area contributed by atoms with Gasteiger partial charge >= 0.3 is 0 Å². The zero-order valence-electron chi connectivity index (χ0n) is 13.5. The third-order valence-electron chi connectivity index (χ3n) is 3.51. The van der Waals surface area contributed by atoms with E-state index in [0.717, 1.165) is 11.1 Å². The lowest BCUT2D eigenvalue weighted by Crippen LogP contribution is -2.30. The summed E-state index contributed by atoms with van der Waals surface area (Å²) in [5.41, 5.74) is 2.84. The fourth-order valence-electron chi connectivity index (χ4n) is 2.47. The van der Waals surface area contributed by atoms with E-state index in [-0.39, 0.29) is 11.8 Å². The van der Waals surface area contributed by atoms with Crippen LogP contribution in [-0.4, -0.2) is 11.8 Å². The van der Waals surface area contributed by atoms with E-state index in [4.69, 9.17) is 4.74 Å². The van der Waals surface area contributed by atoms with Gasteiger partial charge in [0.25, 0.3) is 5.91 Å². The third-order valence-corrected chi connectivity index (χ3v) is 3.51. The first-order valence-electron chi connectivity index (χ1n) is 7.65. The maximum absolute atomic E-state index is 12.3. The van der Waals surface area contributed by atoms with Gasteiger partial charge in [0.1, 0.15) is 5.75 Å². The van der Waals surface area contributed by atoms with Crippen LogP contribution in [0, 0.1) is 0 Å². The van der Waals surface area contributed by atoms with Crippen LogP contribution in [0.25, 0.3) is 0 Å². The Kier molecular flexibility index (Phi) is 4.33. The second kappa shape index (κ2) is 6.58. The quantitative estimate of drug-likeness (QED) is 0.847. The standard InChI is InChI=1S/C19H18N2O3/c1-12(2)10-17(22)20-14-8-9-16-15(11-14)21-19(23)18(24-16)13-6-4-3-5-7-13/h3-11,18H,1-2H3,(H,20,22)(H,21,23). The SMILES string of the molecule is CC(C)=CC(=O)Nc1ccc2c(c1)NC(=O)C(c1ccccc1)O2. The fourth-order valence-corrected chi connectivity index (χ4v) is 2.47. The number of anilines is 2. The van der Waals surface area contributed by atoms with Gasteiger partial charge in [-0.3, -0.25) is 9.59 Å². The summed E-state index contributed by atoms with van der Waals surface area (Å²) in [7, 11) is 0. The van der Waals surface area contributed by atoms with Crippen molar-refractivity contribution >= 4 is 23.2 Å². The van der Waals surface area contributed by atoms with Crippen LogP contribution in [0.2, 0.25) is 0 Å². The molecule has 1 aliphatic rings. The number of ether oxygens (including phenoxy) is 1. The first-order valence-corrected chi connectivity index (χ1v) is 7.65. The first-order chi connectivity index (χ1) is 11.5. The van der Waals surface area contributed by atoms with Crippen LogP contribution in [0.1, 0.15) is 25.5 Å². The molecule has 0 radical (unpaired) electrons. The number of benzene rings is 2. The highest BCUT2D eigenvalue weighted by Gasteiger charge is 2.29. The summed E-state index contributed by atoms with van der Waals surface area (Å²) in [6, 6.07) is 14.5. The van der Waals surface area contributed by atoms with Crippen LogP contribution in [0.3, 0.4) is 0 Å². The van der Waals surface area contributed by atoms with Gasteiger partial charge in [-0.2, -0.15) is 0 Å². The molecule has 2 aromatic carbocycles. The molecule has 5 heteroatoms. The summed E-state index contributed by atoms with van der Waals surface area (Å²) in [6.07, 6.45) is 0.838. The lowest BCUT2D eigenvalue weighted by molar-refractivity contribution is -0.123. The third kappa shape index (κ3) is 3.46. The summed E-state index contributed by atoms with van der Waals surface area (Å²) >= 11 is 0. The van der Waals surface area contributed by atoms with E-state index in [1.54, 1.807) is 18.2 Å². The Hall–Kier alpha value is -3.08. The molecule has 1 unspecified atom stereocenters. The Balaban J connectivity index is 1.81. The van der Waals surface area contributed by atoms with Crippen LogP contribution < -0.4 is 15.4 Å². The summed E-state index contributed by atoms with van der Waals surface area (Å²) in [5.74, 6) is 0.130. The van der Waals surface area contributed by atoms with Crippen LogP contribution in [0.4, 0.5) is 11.4 Å². The van der Waals surface area contributed by atoms with Crippen LogP contribution in [0.5, 0.6) is 5.75 Å². The van der Waals surface area contributed by atoms with Crippen LogP contribution in [-0.2, 0) is 9.59 Å². The number of fused-ring (bicyclic) bond motifs is 1. The fraction of sp³-hybridized carbons (Fsp3) is 0.158. The molecule has 2 aromatic rings. The average molecular weight is 322 g/mol. The van der Waals surface area contributed by atoms with Gasteiger partial charge in [0.2, 0.25) is 12.0 Å². The van der Waals surface area contributed by atoms with E-state index in [1.807, 2.05) is 44.2 Å². The van der Waals surface area contributed by atoms with Crippen molar-refractivity contribution in [1.82, 2.24) is 0 Å². The van der Waals surface area contributed by atoms with Crippen LogP contribution >= 0.6 is 0 Å². The molecule has 0 saturated carbocycles. The number of nitrogens with one attached hydrogen (secondary N) is 2. The lowest BCUT2D eigenvalue weighted by atomic mass is 10.1. The molecule has 5 nitrogen and oxygen atoms in total. The number of amides is 2. The minimum absolute atomic E-state index is 0.208. The smallest absolute Gasteiger partial charge is 0.270 e. The molecule has 24 heavy (non-hydrogen) atoms. The predicted molar refractivity (Wildman–Crippen MR) is 92.9 cm³/mol. The maximum Gasteiger partial charge on any atom is 0.270 e. The Morgan fingerprint density at radius 3 is 2.62 bits per heavy atom. The molecular weight excluding hydrogens is 304 g/mol. The number of carbonyl (C=O) groups is 2. The van der Waals surface area contributed by atoms with Gasteiger partial charge < -0.3 is 15.4 Å². The summed E-state index contributed by atoms with van der Waals surface area (Å²) < 4.78 is 5.82. The van der Waals surface area contributed by atoms with Crippen molar-refractivity contribution in [2.75, 3.05) is 10.6 Å². The number of carbonyl (C=O) groups excluding carboxylic acids is 2. The van der Waals surface area contributed by atoms with Crippen molar-refractivity contribution in [3.05, 3.63) is 65.7 Å². The molecule has 0 aliphatic carbocycles. The zero-order valence-corrected chi connectivity index (χ0v) is 13.5. The van der Waals surface area contributed by atoms with Crippen molar-refractivity contribution in [3.8, 4) is 5.75 Å². The molecule has 3 rings (SSSR count).